The van der Waals surface area contributed by atoms with Crippen LogP contribution in [0, 0.1) is 0 Å². The molecule has 2 rings (SSSR count). The maximum Gasteiger partial charge on any atom is 0.335 e. The predicted molar refractivity (Wildman–Crippen MR) is 88.8 cm³/mol. The number of aromatic carboxylic acids is 1. The van der Waals surface area contributed by atoms with Crippen molar-refractivity contribution < 1.29 is 14.7 Å². The second kappa shape index (κ2) is 7.87. The number of carboxylic acid groups (broad SMARTS) is 1. The maximum atomic E-state index is 11.8. The summed E-state index contributed by atoms with van der Waals surface area (Å²) in [7, 11) is 0. The fourth-order valence-electron chi connectivity index (χ4n) is 1.71. The molecule has 0 fully saturated rings. The van der Waals surface area contributed by atoms with Crippen LogP contribution in [0.4, 0.5) is 5.69 Å². The molecule has 2 N–H and O–H groups in total. The lowest BCUT2D eigenvalue weighted by molar-refractivity contribution is -0.115. The topological polar surface area (TPSA) is 66.4 Å². The quantitative estimate of drug-likeness (QED) is 0.778. The number of benzene rings is 2. The Labute approximate surface area is 137 Å². The lowest BCUT2D eigenvalue weighted by Gasteiger charge is -2.06. The van der Waals surface area contributed by atoms with Crippen LogP contribution in [0.1, 0.15) is 16.8 Å². The molecule has 0 radical (unpaired) electrons. The van der Waals surface area contributed by atoms with E-state index < -0.39 is 5.97 Å². The van der Waals surface area contributed by atoms with Gasteiger partial charge in [0.1, 0.15) is 0 Å². The second-order valence-corrected chi connectivity index (χ2v) is 6.09. The highest BCUT2D eigenvalue weighted by Crippen LogP contribution is 2.21. The molecule has 0 aliphatic rings. The molecule has 6 heteroatoms. The Kier molecular flexibility index (Phi) is 5.86. The summed E-state index contributed by atoms with van der Waals surface area (Å²) in [6, 6.07) is 13.5. The number of halogens is 1. The molecule has 0 aromatic heterocycles. The average Bonchev–Trinajstić information content (AvgIpc) is 2.50. The molecule has 0 saturated carbocycles. The zero-order valence-corrected chi connectivity index (χ0v) is 13.2. The molecule has 4 nitrogen and oxygen atoms in total. The smallest absolute Gasteiger partial charge is 0.335 e. The van der Waals surface area contributed by atoms with E-state index in [0.29, 0.717) is 22.9 Å². The number of thioether (sulfide) groups is 1. The molecule has 0 heterocycles. The number of rotatable bonds is 6. The fourth-order valence-corrected chi connectivity index (χ4v) is 2.69. The SMILES string of the molecule is O=C(CCSc1ccc(Cl)cc1)Nc1ccc(C(=O)O)cc1. The highest BCUT2D eigenvalue weighted by molar-refractivity contribution is 7.99. The molecule has 0 bridgehead atoms. The van der Waals surface area contributed by atoms with Crippen molar-refractivity contribution in [3.8, 4) is 0 Å². The first-order valence-electron chi connectivity index (χ1n) is 6.56. The van der Waals surface area contributed by atoms with E-state index >= 15 is 0 Å². The van der Waals surface area contributed by atoms with Gasteiger partial charge < -0.3 is 10.4 Å². The largest absolute Gasteiger partial charge is 0.478 e. The molecule has 0 atom stereocenters. The van der Waals surface area contributed by atoms with Gasteiger partial charge in [-0.05, 0) is 48.5 Å². The zero-order valence-electron chi connectivity index (χ0n) is 11.6. The van der Waals surface area contributed by atoms with Crippen molar-refractivity contribution in [3.63, 3.8) is 0 Å². The first-order valence-corrected chi connectivity index (χ1v) is 7.92. The molecule has 0 saturated heterocycles. The molecular weight excluding hydrogens is 322 g/mol. The van der Waals surface area contributed by atoms with E-state index in [2.05, 4.69) is 5.32 Å². The fraction of sp³-hybridized carbons (Fsp3) is 0.125. The molecule has 0 spiro atoms. The zero-order chi connectivity index (χ0) is 15.9. The number of hydrogen-bond acceptors (Lipinski definition) is 3. The van der Waals surface area contributed by atoms with Gasteiger partial charge in [0.2, 0.25) is 5.91 Å². The van der Waals surface area contributed by atoms with Crippen molar-refractivity contribution in [2.75, 3.05) is 11.1 Å². The monoisotopic (exact) mass is 335 g/mol. The number of hydrogen-bond donors (Lipinski definition) is 2. The maximum absolute atomic E-state index is 11.8. The summed E-state index contributed by atoms with van der Waals surface area (Å²) in [5.41, 5.74) is 0.780. The van der Waals surface area contributed by atoms with Gasteiger partial charge in [-0.25, -0.2) is 4.79 Å². The van der Waals surface area contributed by atoms with Gasteiger partial charge in [0.05, 0.1) is 5.56 Å². The molecule has 114 valence electrons. The van der Waals surface area contributed by atoms with E-state index in [1.807, 2.05) is 24.3 Å². The van der Waals surface area contributed by atoms with Gasteiger partial charge >= 0.3 is 5.97 Å². The van der Waals surface area contributed by atoms with E-state index in [-0.39, 0.29) is 11.5 Å². The summed E-state index contributed by atoms with van der Waals surface area (Å²) in [6.45, 7) is 0. The summed E-state index contributed by atoms with van der Waals surface area (Å²) in [6.07, 6.45) is 0.369. The first kappa shape index (κ1) is 16.4. The normalized spacial score (nSPS) is 10.2. The third-order valence-corrected chi connectivity index (χ3v) is 4.09. The standard InChI is InChI=1S/C16H14ClNO3S/c17-12-3-7-14(8-4-12)22-10-9-15(19)18-13-5-1-11(2-6-13)16(20)21/h1-8H,9-10H2,(H,18,19)(H,20,21). The Hall–Kier alpha value is -1.98. The lowest BCUT2D eigenvalue weighted by Crippen LogP contribution is -2.12. The molecule has 0 aliphatic heterocycles. The van der Waals surface area contributed by atoms with Crippen LogP contribution < -0.4 is 5.32 Å². The van der Waals surface area contributed by atoms with Crippen molar-refractivity contribution in [1.29, 1.82) is 0 Å². The number of carbonyl (C=O) groups excluding carboxylic acids is 1. The van der Waals surface area contributed by atoms with E-state index in [1.54, 1.807) is 23.9 Å². The second-order valence-electron chi connectivity index (χ2n) is 4.48. The van der Waals surface area contributed by atoms with E-state index in [9.17, 15) is 9.59 Å². The van der Waals surface area contributed by atoms with Gasteiger partial charge in [-0.3, -0.25) is 4.79 Å². The Balaban J connectivity index is 1.77. The van der Waals surface area contributed by atoms with Gasteiger partial charge in [-0.2, -0.15) is 0 Å². The van der Waals surface area contributed by atoms with Crippen LogP contribution in [0.5, 0.6) is 0 Å². The van der Waals surface area contributed by atoms with Crippen molar-refractivity contribution in [2.24, 2.45) is 0 Å². The predicted octanol–water partition coefficient (Wildman–Crippen LogP) is 4.16. The molecular formula is C16H14ClNO3S. The average molecular weight is 336 g/mol. The number of anilines is 1. The van der Waals surface area contributed by atoms with E-state index in [1.165, 1.54) is 12.1 Å². The first-order chi connectivity index (χ1) is 10.5. The molecule has 22 heavy (non-hydrogen) atoms. The van der Waals surface area contributed by atoms with Gasteiger partial charge in [0.25, 0.3) is 0 Å². The Morgan fingerprint density at radius 2 is 1.68 bits per heavy atom. The highest BCUT2D eigenvalue weighted by atomic mass is 35.5. The summed E-state index contributed by atoms with van der Waals surface area (Å²) in [5, 5.41) is 12.2. The van der Waals surface area contributed by atoms with Crippen molar-refractivity contribution >= 4 is 40.9 Å². The summed E-state index contributed by atoms with van der Waals surface area (Å²) >= 11 is 7.38. The molecule has 2 aromatic rings. The summed E-state index contributed by atoms with van der Waals surface area (Å²) in [4.78, 5) is 23.6. The summed E-state index contributed by atoms with van der Waals surface area (Å²) < 4.78 is 0. The van der Waals surface area contributed by atoms with Crippen LogP contribution in [0.25, 0.3) is 0 Å². The van der Waals surface area contributed by atoms with Crippen LogP contribution in [0.3, 0.4) is 0 Å². The van der Waals surface area contributed by atoms with Crippen molar-refractivity contribution in [2.45, 2.75) is 11.3 Å². The van der Waals surface area contributed by atoms with Gasteiger partial charge in [0.15, 0.2) is 0 Å². The van der Waals surface area contributed by atoms with Gasteiger partial charge in [-0.1, -0.05) is 11.6 Å². The van der Waals surface area contributed by atoms with Crippen LogP contribution in [0.2, 0.25) is 5.02 Å². The molecule has 0 aliphatic carbocycles. The van der Waals surface area contributed by atoms with Crippen LogP contribution >= 0.6 is 23.4 Å². The van der Waals surface area contributed by atoms with Crippen LogP contribution in [-0.2, 0) is 4.79 Å². The molecule has 1 amide bonds. The Morgan fingerprint density at radius 3 is 2.27 bits per heavy atom. The number of carbonyl (C=O) groups is 2. The third kappa shape index (κ3) is 5.09. The minimum Gasteiger partial charge on any atom is -0.478 e. The number of amides is 1. The van der Waals surface area contributed by atoms with Gasteiger partial charge in [-0.15, -0.1) is 11.8 Å². The van der Waals surface area contributed by atoms with Crippen LogP contribution in [0.15, 0.2) is 53.4 Å². The van der Waals surface area contributed by atoms with E-state index in [0.717, 1.165) is 4.90 Å². The number of carboxylic acids is 1. The van der Waals surface area contributed by atoms with Gasteiger partial charge in [0, 0.05) is 27.8 Å². The molecule has 2 aromatic carbocycles. The number of nitrogens with one attached hydrogen (secondary N) is 1. The summed E-state index contributed by atoms with van der Waals surface area (Å²) in [5.74, 6) is -0.442. The Morgan fingerprint density at radius 1 is 1.05 bits per heavy atom. The molecule has 0 unspecified atom stereocenters. The third-order valence-electron chi connectivity index (χ3n) is 2.83. The van der Waals surface area contributed by atoms with E-state index in [4.69, 9.17) is 16.7 Å². The highest BCUT2D eigenvalue weighted by Gasteiger charge is 2.05. The van der Waals surface area contributed by atoms with Crippen molar-refractivity contribution in [1.82, 2.24) is 0 Å². The van der Waals surface area contributed by atoms with Crippen LogP contribution in [-0.4, -0.2) is 22.7 Å². The minimum absolute atomic E-state index is 0.107. The van der Waals surface area contributed by atoms with Crippen molar-refractivity contribution in [3.05, 3.63) is 59.1 Å². The minimum atomic E-state index is -0.989. The lowest BCUT2D eigenvalue weighted by atomic mass is 10.2. The Bertz CT molecular complexity index is 656.